The first-order valence-corrected chi connectivity index (χ1v) is 11.3. The highest BCUT2D eigenvalue weighted by Crippen LogP contribution is 2.30. The van der Waals surface area contributed by atoms with E-state index < -0.39 is 6.09 Å². The number of nitrogens with one attached hydrogen (secondary N) is 4. The van der Waals surface area contributed by atoms with Crippen LogP contribution in [0.15, 0.2) is 30.5 Å². The van der Waals surface area contributed by atoms with E-state index in [1.807, 2.05) is 0 Å². The van der Waals surface area contributed by atoms with E-state index in [4.69, 9.17) is 4.74 Å². The van der Waals surface area contributed by atoms with Crippen molar-refractivity contribution >= 4 is 40.5 Å². The summed E-state index contributed by atoms with van der Waals surface area (Å²) in [5.74, 6) is 0.0910. The highest BCUT2D eigenvalue weighted by atomic mass is 16.5. The number of hydrogen-bond donors (Lipinski definition) is 5. The molecule has 12 heteroatoms. The van der Waals surface area contributed by atoms with Crippen LogP contribution >= 0.6 is 0 Å². The number of carbonyl (C=O) groups is 2. The maximum Gasteiger partial charge on any atom is 0.409 e. The number of aromatic nitrogens is 3. The Bertz CT molecular complexity index is 1320. The third kappa shape index (κ3) is 5.25. The minimum atomic E-state index is -1.24. The number of anilines is 4. The Morgan fingerprint density at radius 1 is 1.09 bits per heavy atom. The summed E-state index contributed by atoms with van der Waals surface area (Å²) in [6.45, 7) is 1.17. The van der Waals surface area contributed by atoms with Crippen LogP contribution in [0.2, 0.25) is 0 Å². The van der Waals surface area contributed by atoms with Crippen LogP contribution in [0.1, 0.15) is 41.7 Å². The van der Waals surface area contributed by atoms with E-state index in [9.17, 15) is 20.0 Å². The predicted molar refractivity (Wildman–Crippen MR) is 127 cm³/mol. The van der Waals surface area contributed by atoms with Crippen molar-refractivity contribution < 1.29 is 19.4 Å². The Hall–Kier alpha value is -4.37. The largest absolute Gasteiger partial charge is 0.465 e. The average Bonchev–Trinajstić information content (AvgIpc) is 3.55. The Morgan fingerprint density at radius 2 is 1.86 bits per heavy atom. The molecule has 1 aliphatic carbocycles. The van der Waals surface area contributed by atoms with Gasteiger partial charge in [0.25, 0.3) is 5.91 Å². The molecule has 1 aromatic carbocycles. The van der Waals surface area contributed by atoms with Crippen LogP contribution in [0.4, 0.5) is 27.7 Å². The number of imidazole rings is 1. The Morgan fingerprint density at radius 3 is 2.57 bits per heavy atom. The number of ether oxygens (including phenoxy) is 1. The summed E-state index contributed by atoms with van der Waals surface area (Å²) < 4.78 is 6.79. The molecule has 1 saturated heterocycles. The maximum atomic E-state index is 12.9. The molecule has 5 rings (SSSR count). The van der Waals surface area contributed by atoms with Gasteiger partial charge in [0.2, 0.25) is 0 Å². The lowest BCUT2D eigenvalue weighted by Gasteiger charge is -2.23. The van der Waals surface area contributed by atoms with E-state index in [2.05, 4.69) is 37.4 Å². The molecule has 2 fully saturated rings. The third-order valence-corrected chi connectivity index (χ3v) is 5.79. The number of carbonyl (C=O) groups excluding carboxylic acids is 1. The van der Waals surface area contributed by atoms with Gasteiger partial charge in [-0.1, -0.05) is 0 Å². The van der Waals surface area contributed by atoms with Crippen LogP contribution in [-0.2, 0) is 4.74 Å². The van der Waals surface area contributed by atoms with Crippen molar-refractivity contribution in [3.05, 3.63) is 41.7 Å². The molecular formula is C23H24N8O4. The fraction of sp³-hybridized carbons (Fsp3) is 0.348. The molecule has 180 valence electrons. The van der Waals surface area contributed by atoms with Crippen molar-refractivity contribution in [3.8, 4) is 6.07 Å². The first-order valence-electron chi connectivity index (χ1n) is 11.3. The van der Waals surface area contributed by atoms with E-state index in [-0.39, 0.29) is 23.3 Å². The lowest BCUT2D eigenvalue weighted by molar-refractivity contribution is 0.0696. The summed E-state index contributed by atoms with van der Waals surface area (Å²) >= 11 is 0. The van der Waals surface area contributed by atoms with E-state index >= 15 is 0 Å². The number of carboxylic acid groups (broad SMARTS) is 1. The smallest absolute Gasteiger partial charge is 0.409 e. The van der Waals surface area contributed by atoms with E-state index in [0.29, 0.717) is 42.0 Å². The van der Waals surface area contributed by atoms with E-state index in [0.717, 1.165) is 31.4 Å². The van der Waals surface area contributed by atoms with Gasteiger partial charge < -0.3 is 25.8 Å². The molecule has 2 aliphatic rings. The zero-order valence-electron chi connectivity index (χ0n) is 18.7. The quantitative estimate of drug-likeness (QED) is 0.344. The van der Waals surface area contributed by atoms with Crippen molar-refractivity contribution in [1.29, 1.82) is 5.26 Å². The van der Waals surface area contributed by atoms with Crippen molar-refractivity contribution in [1.82, 2.24) is 19.9 Å². The fourth-order valence-electron chi connectivity index (χ4n) is 3.94. The van der Waals surface area contributed by atoms with Gasteiger partial charge >= 0.3 is 6.09 Å². The van der Waals surface area contributed by atoms with Crippen LogP contribution in [0.25, 0.3) is 5.65 Å². The van der Waals surface area contributed by atoms with Crippen LogP contribution in [0, 0.1) is 11.3 Å². The molecule has 0 atom stereocenters. The van der Waals surface area contributed by atoms with Crippen LogP contribution in [0.5, 0.6) is 0 Å². The zero-order valence-corrected chi connectivity index (χ0v) is 18.7. The van der Waals surface area contributed by atoms with Gasteiger partial charge in [0.1, 0.15) is 6.07 Å². The van der Waals surface area contributed by atoms with Gasteiger partial charge in [-0.25, -0.2) is 9.78 Å². The molecule has 5 N–H and O–H groups in total. The number of amides is 2. The second-order valence-electron chi connectivity index (χ2n) is 8.57. The molecule has 35 heavy (non-hydrogen) atoms. The molecule has 2 amide bonds. The Balaban J connectivity index is 1.46. The van der Waals surface area contributed by atoms with Crippen LogP contribution in [-0.4, -0.2) is 57.0 Å². The first kappa shape index (κ1) is 22.4. The molecule has 0 bridgehead atoms. The number of fused-ring (bicyclic) bond motifs is 1. The molecule has 0 spiro atoms. The van der Waals surface area contributed by atoms with Crippen molar-refractivity contribution in [2.45, 2.75) is 37.8 Å². The summed E-state index contributed by atoms with van der Waals surface area (Å²) in [4.78, 5) is 28.5. The molecule has 0 unspecified atom stereocenters. The van der Waals surface area contributed by atoms with Crippen molar-refractivity contribution in [3.63, 3.8) is 0 Å². The van der Waals surface area contributed by atoms with Crippen molar-refractivity contribution in [2.24, 2.45) is 0 Å². The molecule has 1 aliphatic heterocycles. The van der Waals surface area contributed by atoms with Crippen LogP contribution in [0.3, 0.4) is 0 Å². The third-order valence-electron chi connectivity index (χ3n) is 5.79. The SMILES string of the molecule is N#Cc1cnc2c(NC3CC3)cc(Nc3cc(NC(=O)O)cc(C(=O)NC4CCOCC4)c3)nn12. The average molecular weight is 476 g/mol. The minimum absolute atomic E-state index is 0.00507. The van der Waals surface area contributed by atoms with E-state index in [1.54, 1.807) is 18.2 Å². The fourth-order valence-corrected chi connectivity index (χ4v) is 3.94. The molecule has 3 heterocycles. The van der Waals surface area contributed by atoms with Gasteiger partial charge in [0.05, 0.1) is 11.9 Å². The zero-order chi connectivity index (χ0) is 24.4. The molecule has 12 nitrogen and oxygen atoms in total. The van der Waals surface area contributed by atoms with E-state index in [1.165, 1.54) is 16.8 Å². The second-order valence-corrected chi connectivity index (χ2v) is 8.57. The molecule has 1 saturated carbocycles. The summed E-state index contributed by atoms with van der Waals surface area (Å²) in [6, 6.07) is 8.87. The Kier molecular flexibility index (Phi) is 6.07. The van der Waals surface area contributed by atoms with Crippen LogP contribution < -0.4 is 21.3 Å². The lowest BCUT2D eigenvalue weighted by atomic mass is 10.1. The van der Waals surface area contributed by atoms with Gasteiger partial charge in [-0.15, -0.1) is 5.10 Å². The normalized spacial score (nSPS) is 15.9. The van der Waals surface area contributed by atoms with Gasteiger partial charge in [-0.3, -0.25) is 10.1 Å². The second kappa shape index (κ2) is 9.47. The number of benzene rings is 1. The number of hydrogen-bond acceptors (Lipinski definition) is 8. The first-order chi connectivity index (χ1) is 17.0. The summed E-state index contributed by atoms with van der Waals surface area (Å²) in [7, 11) is 0. The maximum absolute atomic E-state index is 12.9. The number of rotatable bonds is 7. The monoisotopic (exact) mass is 476 g/mol. The highest BCUT2D eigenvalue weighted by molar-refractivity contribution is 5.98. The van der Waals surface area contributed by atoms with Gasteiger partial charge in [0.15, 0.2) is 17.2 Å². The molecule has 0 radical (unpaired) electrons. The summed E-state index contributed by atoms with van der Waals surface area (Å²) in [6.07, 6.45) is 3.76. The predicted octanol–water partition coefficient (Wildman–Crippen LogP) is 2.92. The summed E-state index contributed by atoms with van der Waals surface area (Å²) in [5.41, 5.74) is 2.53. The molecule has 2 aromatic heterocycles. The Labute approximate surface area is 200 Å². The minimum Gasteiger partial charge on any atom is -0.465 e. The lowest BCUT2D eigenvalue weighted by Crippen LogP contribution is -2.38. The summed E-state index contributed by atoms with van der Waals surface area (Å²) in [5, 5.41) is 35.0. The van der Waals surface area contributed by atoms with Crippen molar-refractivity contribution in [2.75, 3.05) is 29.2 Å². The standard InChI is InChI=1S/C23H24N8O4/c24-11-18-12-25-21-19(26-14-1-2-14)10-20(30-31(18)21)27-16-7-13(8-17(9-16)29-23(33)34)22(32)28-15-3-5-35-6-4-15/h7-10,12,14-15,26,29H,1-6H2,(H,27,30)(H,28,32)(H,33,34). The number of nitrogens with zero attached hydrogens (tertiary/aromatic N) is 4. The highest BCUT2D eigenvalue weighted by Gasteiger charge is 2.23. The molecular weight excluding hydrogens is 452 g/mol. The van der Waals surface area contributed by atoms with Gasteiger partial charge in [-0.2, -0.15) is 9.78 Å². The number of nitriles is 1. The topological polar surface area (TPSA) is 166 Å². The molecule has 3 aromatic rings. The van der Waals surface area contributed by atoms with Gasteiger partial charge in [-0.05, 0) is 43.9 Å². The van der Waals surface area contributed by atoms with Gasteiger partial charge in [0, 0.05) is 48.3 Å².